The number of anilines is 1. The Morgan fingerprint density at radius 3 is 2.79 bits per heavy atom. The molecule has 2 N–H and O–H groups in total. The van der Waals surface area contributed by atoms with E-state index in [4.69, 9.17) is 10.5 Å². The molecule has 1 aromatic carbocycles. The molecule has 19 heavy (non-hydrogen) atoms. The largest absolute Gasteiger partial charge is 0.465 e. The van der Waals surface area contributed by atoms with Gasteiger partial charge < -0.3 is 10.5 Å². The summed E-state index contributed by atoms with van der Waals surface area (Å²) in [5, 5.41) is 0.869. The first kappa shape index (κ1) is 13.4. The summed E-state index contributed by atoms with van der Waals surface area (Å²) in [5.74, 6) is 0.337. The molecule has 1 aromatic heterocycles. The predicted octanol–water partition coefficient (Wildman–Crippen LogP) is 2.74. The molecule has 0 fully saturated rings. The van der Waals surface area contributed by atoms with Gasteiger partial charge in [-0.05, 0) is 23.8 Å². The summed E-state index contributed by atoms with van der Waals surface area (Å²) in [6.45, 7) is 0. The van der Waals surface area contributed by atoms with Crippen LogP contribution < -0.4 is 5.73 Å². The molecule has 5 heteroatoms. The third-order valence-electron chi connectivity index (χ3n) is 2.56. The summed E-state index contributed by atoms with van der Waals surface area (Å²) in [6, 6.07) is 11.1. The number of hydrogen-bond acceptors (Lipinski definition) is 5. The lowest BCUT2D eigenvalue weighted by atomic mass is 10.1. The molecule has 0 radical (unpaired) electrons. The fraction of sp³-hybridized carbons (Fsp3) is 0.143. The lowest BCUT2D eigenvalue weighted by Crippen LogP contribution is -2.04. The standard InChI is InChI=1S/C14H14N2O2S/c1-18-14(17)12-5-3-2-4-10(12)9-19-13-7-6-11(15)8-16-13/h2-8H,9,15H2,1H3. The van der Waals surface area contributed by atoms with Gasteiger partial charge >= 0.3 is 5.97 Å². The van der Waals surface area contributed by atoms with Crippen molar-refractivity contribution in [2.75, 3.05) is 12.8 Å². The molecule has 0 aliphatic heterocycles. The van der Waals surface area contributed by atoms with Gasteiger partial charge in [-0.25, -0.2) is 9.78 Å². The van der Waals surface area contributed by atoms with Gasteiger partial charge in [-0.2, -0.15) is 0 Å². The van der Waals surface area contributed by atoms with Gasteiger partial charge in [0, 0.05) is 5.75 Å². The van der Waals surface area contributed by atoms with Crippen LogP contribution in [0.1, 0.15) is 15.9 Å². The Bertz CT molecular complexity index is 570. The van der Waals surface area contributed by atoms with E-state index >= 15 is 0 Å². The fourth-order valence-corrected chi connectivity index (χ4v) is 2.43. The summed E-state index contributed by atoms with van der Waals surface area (Å²) < 4.78 is 4.76. The zero-order valence-corrected chi connectivity index (χ0v) is 11.3. The lowest BCUT2D eigenvalue weighted by Gasteiger charge is -2.07. The number of nitrogens with two attached hydrogens (primary N) is 1. The highest BCUT2D eigenvalue weighted by Crippen LogP contribution is 2.23. The van der Waals surface area contributed by atoms with Crippen molar-refractivity contribution in [3.8, 4) is 0 Å². The van der Waals surface area contributed by atoms with Crippen molar-refractivity contribution in [3.05, 3.63) is 53.7 Å². The van der Waals surface area contributed by atoms with Gasteiger partial charge in [0.25, 0.3) is 0 Å². The van der Waals surface area contributed by atoms with Crippen molar-refractivity contribution in [1.82, 2.24) is 4.98 Å². The van der Waals surface area contributed by atoms with E-state index in [1.165, 1.54) is 7.11 Å². The van der Waals surface area contributed by atoms with Gasteiger partial charge in [-0.1, -0.05) is 18.2 Å². The second-order valence-corrected chi connectivity index (χ2v) is 4.86. The molecule has 0 aliphatic rings. The maximum atomic E-state index is 11.6. The third kappa shape index (κ3) is 3.48. The summed E-state index contributed by atoms with van der Waals surface area (Å²) in [4.78, 5) is 15.8. The second kappa shape index (κ2) is 6.24. The van der Waals surface area contributed by atoms with E-state index in [0.29, 0.717) is 17.0 Å². The third-order valence-corrected chi connectivity index (χ3v) is 3.55. The molecule has 0 bridgehead atoms. The van der Waals surface area contributed by atoms with Gasteiger partial charge in [0.1, 0.15) is 0 Å². The highest BCUT2D eigenvalue weighted by molar-refractivity contribution is 7.98. The minimum absolute atomic E-state index is 0.318. The number of hydrogen-bond donors (Lipinski definition) is 1. The first-order chi connectivity index (χ1) is 9.20. The summed E-state index contributed by atoms with van der Waals surface area (Å²) in [7, 11) is 1.38. The molecule has 2 rings (SSSR count). The van der Waals surface area contributed by atoms with E-state index in [1.54, 1.807) is 24.0 Å². The number of nitrogens with zero attached hydrogens (tertiary/aromatic N) is 1. The molecular weight excluding hydrogens is 260 g/mol. The first-order valence-electron chi connectivity index (χ1n) is 5.71. The van der Waals surface area contributed by atoms with Crippen LogP contribution in [0.4, 0.5) is 5.69 Å². The van der Waals surface area contributed by atoms with E-state index < -0.39 is 0 Å². The van der Waals surface area contributed by atoms with Crippen LogP contribution in [0.25, 0.3) is 0 Å². The number of carbonyl (C=O) groups excluding carboxylic acids is 1. The maximum Gasteiger partial charge on any atom is 0.338 e. The van der Waals surface area contributed by atoms with E-state index in [1.807, 2.05) is 30.3 Å². The molecule has 0 saturated carbocycles. The Morgan fingerprint density at radius 2 is 2.11 bits per heavy atom. The van der Waals surface area contributed by atoms with Crippen molar-refractivity contribution in [2.24, 2.45) is 0 Å². The molecule has 0 unspecified atom stereocenters. The average molecular weight is 274 g/mol. The fourth-order valence-electron chi connectivity index (χ4n) is 1.58. The Hall–Kier alpha value is -2.01. The molecule has 4 nitrogen and oxygen atoms in total. The first-order valence-corrected chi connectivity index (χ1v) is 6.70. The number of benzene rings is 1. The van der Waals surface area contributed by atoms with E-state index in [0.717, 1.165) is 10.6 Å². The number of nitrogen functional groups attached to an aromatic ring is 1. The molecule has 2 aromatic rings. The molecular formula is C14H14N2O2S. The molecule has 0 aliphatic carbocycles. The number of methoxy groups -OCH3 is 1. The Kier molecular flexibility index (Phi) is 4.41. The monoisotopic (exact) mass is 274 g/mol. The zero-order chi connectivity index (χ0) is 13.7. The van der Waals surface area contributed by atoms with Crippen molar-refractivity contribution in [1.29, 1.82) is 0 Å². The number of esters is 1. The van der Waals surface area contributed by atoms with Crippen LogP contribution in [0.3, 0.4) is 0 Å². The van der Waals surface area contributed by atoms with E-state index in [-0.39, 0.29) is 5.97 Å². The quantitative estimate of drug-likeness (QED) is 0.686. The number of aromatic nitrogens is 1. The minimum atomic E-state index is -0.318. The smallest absolute Gasteiger partial charge is 0.338 e. The van der Waals surface area contributed by atoms with E-state index in [2.05, 4.69) is 4.98 Å². The zero-order valence-electron chi connectivity index (χ0n) is 10.5. The predicted molar refractivity (Wildman–Crippen MR) is 76.0 cm³/mol. The van der Waals surface area contributed by atoms with Crippen LogP contribution in [0, 0.1) is 0 Å². The molecule has 0 amide bonds. The summed E-state index contributed by atoms with van der Waals surface area (Å²) in [6.07, 6.45) is 1.62. The number of pyridine rings is 1. The minimum Gasteiger partial charge on any atom is -0.465 e. The van der Waals surface area contributed by atoms with Crippen molar-refractivity contribution < 1.29 is 9.53 Å². The number of thioether (sulfide) groups is 1. The molecule has 0 spiro atoms. The maximum absolute atomic E-state index is 11.6. The van der Waals surface area contributed by atoms with Crippen LogP contribution >= 0.6 is 11.8 Å². The number of rotatable bonds is 4. The van der Waals surface area contributed by atoms with Gasteiger partial charge in [0.05, 0.1) is 29.6 Å². The second-order valence-electron chi connectivity index (χ2n) is 3.87. The highest BCUT2D eigenvalue weighted by Gasteiger charge is 2.11. The SMILES string of the molecule is COC(=O)c1ccccc1CSc1ccc(N)cn1. The summed E-state index contributed by atoms with van der Waals surface area (Å²) >= 11 is 1.55. The molecule has 1 heterocycles. The summed E-state index contributed by atoms with van der Waals surface area (Å²) in [5.41, 5.74) is 7.74. The van der Waals surface area contributed by atoms with Crippen molar-refractivity contribution in [2.45, 2.75) is 10.8 Å². The molecule has 0 atom stereocenters. The van der Waals surface area contributed by atoms with Crippen LogP contribution in [-0.2, 0) is 10.5 Å². The normalized spacial score (nSPS) is 10.2. The van der Waals surface area contributed by atoms with Crippen LogP contribution in [-0.4, -0.2) is 18.1 Å². The molecule has 98 valence electrons. The molecule has 0 saturated heterocycles. The van der Waals surface area contributed by atoms with Crippen LogP contribution in [0.5, 0.6) is 0 Å². The Labute approximate surface area is 116 Å². The van der Waals surface area contributed by atoms with Gasteiger partial charge in [0.15, 0.2) is 0 Å². The lowest BCUT2D eigenvalue weighted by molar-refractivity contribution is 0.0600. The number of carbonyl (C=O) groups is 1. The highest BCUT2D eigenvalue weighted by atomic mass is 32.2. The van der Waals surface area contributed by atoms with Crippen LogP contribution in [0.2, 0.25) is 0 Å². The van der Waals surface area contributed by atoms with Gasteiger partial charge in [-0.15, -0.1) is 11.8 Å². The Balaban J connectivity index is 2.11. The Morgan fingerprint density at radius 1 is 1.32 bits per heavy atom. The van der Waals surface area contributed by atoms with Crippen molar-refractivity contribution >= 4 is 23.4 Å². The van der Waals surface area contributed by atoms with Crippen molar-refractivity contribution in [3.63, 3.8) is 0 Å². The van der Waals surface area contributed by atoms with Gasteiger partial charge in [-0.3, -0.25) is 0 Å². The van der Waals surface area contributed by atoms with Gasteiger partial charge in [0.2, 0.25) is 0 Å². The van der Waals surface area contributed by atoms with E-state index in [9.17, 15) is 4.79 Å². The topological polar surface area (TPSA) is 65.2 Å². The van der Waals surface area contributed by atoms with Crippen LogP contribution in [0.15, 0.2) is 47.6 Å². The number of ether oxygens (including phenoxy) is 1. The average Bonchev–Trinajstić information content (AvgIpc) is 2.46.